The molecule has 1 aromatic carbocycles. The zero-order valence-electron chi connectivity index (χ0n) is 6.27. The Bertz CT molecular complexity index is 301. The fourth-order valence-electron chi connectivity index (χ4n) is 0.764. The summed E-state index contributed by atoms with van der Waals surface area (Å²) in [6.45, 7) is 0. The number of carbonyl (C=O) groups excluding carboxylic acids is 1. The second-order valence-electron chi connectivity index (χ2n) is 2.05. The molecule has 0 aliphatic carbocycles. The smallest absolute Gasteiger partial charge is 0.320 e. The van der Waals surface area contributed by atoms with Gasteiger partial charge in [-0.15, -0.1) is 0 Å². The molecule has 1 rings (SSSR count). The van der Waals surface area contributed by atoms with Crippen LogP contribution in [0.5, 0.6) is 5.75 Å². The molecule has 0 aromatic heterocycles. The lowest BCUT2D eigenvalue weighted by Crippen LogP contribution is -2.01. The van der Waals surface area contributed by atoms with Gasteiger partial charge >= 0.3 is 5.97 Å². The van der Waals surface area contributed by atoms with Gasteiger partial charge in [0.15, 0.2) is 5.75 Å². The van der Waals surface area contributed by atoms with Gasteiger partial charge in [0.2, 0.25) is 0 Å². The van der Waals surface area contributed by atoms with E-state index in [1.165, 1.54) is 24.3 Å². The van der Waals surface area contributed by atoms with Crippen molar-refractivity contribution < 1.29 is 24.3 Å². The highest BCUT2D eigenvalue weighted by Crippen LogP contribution is 2.14. The minimum atomic E-state index is -0.889. The quantitative estimate of drug-likeness (QED) is 0.601. The molecule has 0 amide bonds. The summed E-state index contributed by atoms with van der Waals surface area (Å²) < 4.78 is 3.85. The van der Waals surface area contributed by atoms with Crippen LogP contribution in [0, 0.1) is 0 Å². The molecular formula is C7H5ClO5. The molecule has 0 saturated carbocycles. The fraction of sp³-hybridized carbons (Fsp3) is 0. The van der Waals surface area contributed by atoms with Gasteiger partial charge in [0.1, 0.15) is 11.9 Å². The van der Waals surface area contributed by atoms with E-state index in [-0.39, 0.29) is 11.3 Å². The summed E-state index contributed by atoms with van der Waals surface area (Å²) in [5.74, 6) is -0.669. The number of carbonyl (C=O) groups is 1. The molecule has 0 saturated heterocycles. The molecule has 0 heterocycles. The Balaban J connectivity index is 2.85. The van der Waals surface area contributed by atoms with Gasteiger partial charge in [-0.2, -0.15) is 5.26 Å². The standard InChI is InChI=1S/C7H5ClO5/c8-13-12-6-3-1-2-5(4-6)7(9)11-10/h1-4,10H. The first kappa shape index (κ1) is 9.79. The van der Waals surface area contributed by atoms with Crippen molar-refractivity contribution in [3.8, 4) is 5.75 Å². The van der Waals surface area contributed by atoms with E-state index in [9.17, 15) is 4.79 Å². The number of rotatable bonds is 3. The maximum atomic E-state index is 10.8. The second kappa shape index (κ2) is 4.66. The third-order valence-electron chi connectivity index (χ3n) is 1.28. The maximum absolute atomic E-state index is 10.8. The molecule has 0 bridgehead atoms. The largest absolute Gasteiger partial charge is 0.372 e. The third-order valence-corrected chi connectivity index (χ3v) is 1.34. The van der Waals surface area contributed by atoms with Crippen molar-refractivity contribution in [1.82, 2.24) is 0 Å². The molecule has 0 atom stereocenters. The Labute approximate surface area is 78.4 Å². The first-order chi connectivity index (χ1) is 6.27. The summed E-state index contributed by atoms with van der Waals surface area (Å²) in [4.78, 5) is 18.7. The van der Waals surface area contributed by atoms with Gasteiger partial charge < -0.3 is 4.89 Å². The first-order valence-corrected chi connectivity index (χ1v) is 3.50. The van der Waals surface area contributed by atoms with Crippen molar-refractivity contribution in [2.75, 3.05) is 0 Å². The summed E-state index contributed by atoms with van der Waals surface area (Å²) in [6, 6.07) is 5.74. The molecule has 5 nitrogen and oxygen atoms in total. The predicted molar refractivity (Wildman–Crippen MR) is 42.1 cm³/mol. The average molecular weight is 205 g/mol. The molecule has 13 heavy (non-hydrogen) atoms. The van der Waals surface area contributed by atoms with Crippen molar-refractivity contribution in [2.24, 2.45) is 0 Å². The van der Waals surface area contributed by atoms with E-state index < -0.39 is 5.97 Å². The van der Waals surface area contributed by atoms with Crippen molar-refractivity contribution in [1.29, 1.82) is 0 Å². The molecule has 0 spiro atoms. The molecule has 0 unspecified atom stereocenters. The Hall–Kier alpha value is -1.30. The van der Waals surface area contributed by atoms with E-state index >= 15 is 0 Å². The lowest BCUT2D eigenvalue weighted by atomic mass is 10.2. The first-order valence-electron chi connectivity index (χ1n) is 3.19. The van der Waals surface area contributed by atoms with Crippen molar-refractivity contribution in [3.63, 3.8) is 0 Å². The monoisotopic (exact) mass is 204 g/mol. The van der Waals surface area contributed by atoms with Crippen LogP contribution in [0.4, 0.5) is 0 Å². The van der Waals surface area contributed by atoms with Crippen LogP contribution in [0.2, 0.25) is 0 Å². The lowest BCUT2D eigenvalue weighted by molar-refractivity contribution is -0.182. The van der Waals surface area contributed by atoms with Gasteiger partial charge in [0.05, 0.1) is 5.56 Å². The summed E-state index contributed by atoms with van der Waals surface area (Å²) in [7, 11) is 0. The Kier molecular flexibility index (Phi) is 3.51. The minimum Gasteiger partial charge on any atom is -0.320 e. The molecule has 1 N–H and O–H groups in total. The van der Waals surface area contributed by atoms with Crippen molar-refractivity contribution in [2.45, 2.75) is 0 Å². The maximum Gasteiger partial charge on any atom is 0.372 e. The van der Waals surface area contributed by atoms with E-state index in [0.717, 1.165) is 0 Å². The van der Waals surface area contributed by atoms with Crippen LogP contribution < -0.4 is 4.89 Å². The highest BCUT2D eigenvalue weighted by atomic mass is 35.5. The van der Waals surface area contributed by atoms with Crippen LogP contribution >= 0.6 is 11.9 Å². The minimum absolute atomic E-state index is 0.119. The van der Waals surface area contributed by atoms with E-state index in [0.29, 0.717) is 0 Å². The molecule has 1 aromatic rings. The zero-order chi connectivity index (χ0) is 9.68. The number of halogens is 1. The molecule has 70 valence electrons. The Morgan fingerprint density at radius 1 is 1.46 bits per heavy atom. The van der Waals surface area contributed by atoms with Crippen LogP contribution in [0.1, 0.15) is 10.4 Å². The topological polar surface area (TPSA) is 65.0 Å². The summed E-state index contributed by atoms with van der Waals surface area (Å²) in [6.07, 6.45) is 0. The van der Waals surface area contributed by atoms with Crippen LogP contribution in [-0.2, 0) is 9.33 Å². The number of benzene rings is 1. The van der Waals surface area contributed by atoms with E-state index in [2.05, 4.69) is 14.2 Å². The number of hydrogen-bond acceptors (Lipinski definition) is 5. The average Bonchev–Trinajstić information content (AvgIpc) is 2.18. The van der Waals surface area contributed by atoms with Crippen molar-refractivity contribution >= 4 is 17.8 Å². The summed E-state index contributed by atoms with van der Waals surface area (Å²) >= 11 is 4.81. The fourth-order valence-corrected chi connectivity index (χ4v) is 0.837. The normalized spacial score (nSPS) is 9.38. The molecule has 0 radical (unpaired) electrons. The summed E-state index contributed by atoms with van der Waals surface area (Å²) in [5, 5.41) is 8.06. The number of hydrogen-bond donors (Lipinski definition) is 1. The zero-order valence-corrected chi connectivity index (χ0v) is 7.02. The molecule has 0 fully saturated rings. The lowest BCUT2D eigenvalue weighted by Gasteiger charge is -1.99. The van der Waals surface area contributed by atoms with E-state index in [4.69, 9.17) is 17.1 Å². The SMILES string of the molecule is O=C(OO)c1cccc(OOCl)c1. The van der Waals surface area contributed by atoms with Gasteiger partial charge in [-0.3, -0.25) is 4.89 Å². The van der Waals surface area contributed by atoms with E-state index in [1.54, 1.807) is 0 Å². The highest BCUT2D eigenvalue weighted by molar-refractivity contribution is 6.06. The predicted octanol–water partition coefficient (Wildman–Crippen LogP) is 1.78. The van der Waals surface area contributed by atoms with Crippen LogP contribution in [0.25, 0.3) is 0 Å². The molecular weight excluding hydrogens is 200 g/mol. The molecule has 0 aliphatic rings. The Morgan fingerprint density at radius 2 is 2.23 bits per heavy atom. The molecule has 0 aliphatic heterocycles. The van der Waals surface area contributed by atoms with Crippen LogP contribution in [0.3, 0.4) is 0 Å². The second-order valence-corrected chi connectivity index (χ2v) is 2.18. The van der Waals surface area contributed by atoms with E-state index in [1.807, 2.05) is 0 Å². The van der Waals surface area contributed by atoms with Gasteiger partial charge in [0, 0.05) is 0 Å². The van der Waals surface area contributed by atoms with Crippen molar-refractivity contribution in [3.05, 3.63) is 29.8 Å². The van der Waals surface area contributed by atoms with Gasteiger partial charge in [-0.05, 0) is 18.2 Å². The molecule has 6 heteroatoms. The summed E-state index contributed by atoms with van der Waals surface area (Å²) in [5.41, 5.74) is 0.119. The van der Waals surface area contributed by atoms with Gasteiger partial charge in [0.25, 0.3) is 0 Å². The van der Waals surface area contributed by atoms with Gasteiger partial charge in [-0.25, -0.2) is 4.79 Å². The van der Waals surface area contributed by atoms with Crippen LogP contribution in [0.15, 0.2) is 24.3 Å². The van der Waals surface area contributed by atoms with Gasteiger partial charge in [-0.1, -0.05) is 10.5 Å². The Morgan fingerprint density at radius 3 is 2.85 bits per heavy atom. The van der Waals surface area contributed by atoms with Crippen LogP contribution in [-0.4, -0.2) is 11.2 Å². The third kappa shape index (κ3) is 2.59. The highest BCUT2D eigenvalue weighted by Gasteiger charge is 2.07.